The van der Waals surface area contributed by atoms with E-state index in [-0.39, 0.29) is 11.9 Å². The van der Waals surface area contributed by atoms with Crippen LogP contribution in [0.15, 0.2) is 54.6 Å². The summed E-state index contributed by atoms with van der Waals surface area (Å²) in [6.07, 6.45) is 0.489. The average molecular weight is 296 g/mol. The van der Waals surface area contributed by atoms with Gasteiger partial charge >= 0.3 is 0 Å². The molecule has 3 nitrogen and oxygen atoms in total. The first-order valence-corrected chi connectivity index (χ1v) is 7.76. The van der Waals surface area contributed by atoms with E-state index >= 15 is 0 Å². The Labute approximate surface area is 132 Å². The van der Waals surface area contributed by atoms with E-state index < -0.39 is 0 Å². The molecule has 2 aromatic carbocycles. The van der Waals surface area contributed by atoms with Gasteiger partial charge in [-0.1, -0.05) is 60.2 Å². The van der Waals surface area contributed by atoms with E-state index in [1.807, 2.05) is 30.3 Å². The predicted octanol–water partition coefficient (Wildman–Crippen LogP) is 3.35. The second-order valence-electron chi connectivity index (χ2n) is 5.60. The van der Waals surface area contributed by atoms with Gasteiger partial charge in [0, 0.05) is 25.6 Å². The lowest BCUT2D eigenvalue weighted by Crippen LogP contribution is -2.28. The monoisotopic (exact) mass is 296 g/mol. The van der Waals surface area contributed by atoms with Gasteiger partial charge in [0.25, 0.3) is 0 Å². The summed E-state index contributed by atoms with van der Waals surface area (Å²) in [5, 5.41) is 6.34. The normalized spacial score (nSPS) is 11.9. The highest BCUT2D eigenvalue weighted by Gasteiger charge is 2.06. The van der Waals surface area contributed by atoms with Gasteiger partial charge in [0.2, 0.25) is 5.91 Å². The molecule has 1 atom stereocenters. The maximum Gasteiger partial charge on any atom is 0.221 e. The van der Waals surface area contributed by atoms with Gasteiger partial charge in [-0.25, -0.2) is 0 Å². The molecule has 0 radical (unpaired) electrons. The van der Waals surface area contributed by atoms with E-state index in [4.69, 9.17) is 0 Å². The molecule has 0 aliphatic carbocycles. The van der Waals surface area contributed by atoms with Crippen LogP contribution in [0.4, 0.5) is 0 Å². The van der Waals surface area contributed by atoms with Crippen molar-refractivity contribution in [1.82, 2.24) is 10.6 Å². The third-order valence-corrected chi connectivity index (χ3v) is 3.67. The second-order valence-corrected chi connectivity index (χ2v) is 5.60. The SMILES string of the molecule is Cc1cccc(CNC(=O)CCNC(C)c2ccccc2)c1. The molecule has 0 aromatic heterocycles. The Kier molecular flexibility index (Phi) is 6.16. The summed E-state index contributed by atoms with van der Waals surface area (Å²) in [7, 11) is 0. The zero-order valence-corrected chi connectivity index (χ0v) is 13.3. The van der Waals surface area contributed by atoms with Crippen molar-refractivity contribution in [1.29, 1.82) is 0 Å². The zero-order valence-electron chi connectivity index (χ0n) is 13.3. The standard InChI is InChI=1S/C19H24N2O/c1-15-7-6-8-17(13-15)14-21-19(22)11-12-20-16(2)18-9-4-3-5-10-18/h3-10,13,16,20H,11-12,14H2,1-2H3,(H,21,22). The maximum absolute atomic E-state index is 11.9. The largest absolute Gasteiger partial charge is 0.352 e. The average Bonchev–Trinajstić information content (AvgIpc) is 2.54. The molecule has 0 aliphatic heterocycles. The van der Waals surface area contributed by atoms with Gasteiger partial charge < -0.3 is 10.6 Å². The fourth-order valence-electron chi connectivity index (χ4n) is 2.37. The number of benzene rings is 2. The van der Waals surface area contributed by atoms with E-state index in [0.29, 0.717) is 19.5 Å². The van der Waals surface area contributed by atoms with Crippen molar-refractivity contribution < 1.29 is 4.79 Å². The summed E-state index contributed by atoms with van der Waals surface area (Å²) >= 11 is 0. The molecular formula is C19H24N2O. The van der Waals surface area contributed by atoms with Gasteiger partial charge in [0.05, 0.1) is 0 Å². The smallest absolute Gasteiger partial charge is 0.221 e. The fourth-order valence-corrected chi connectivity index (χ4v) is 2.37. The molecule has 0 heterocycles. The zero-order chi connectivity index (χ0) is 15.8. The van der Waals surface area contributed by atoms with Crippen LogP contribution in [-0.4, -0.2) is 12.5 Å². The predicted molar refractivity (Wildman–Crippen MR) is 90.5 cm³/mol. The Morgan fingerprint density at radius 2 is 1.86 bits per heavy atom. The van der Waals surface area contributed by atoms with Crippen LogP contribution in [0.25, 0.3) is 0 Å². The highest BCUT2D eigenvalue weighted by atomic mass is 16.1. The molecule has 0 saturated carbocycles. The molecule has 0 spiro atoms. The molecule has 22 heavy (non-hydrogen) atoms. The maximum atomic E-state index is 11.9. The van der Waals surface area contributed by atoms with E-state index in [2.05, 4.69) is 48.7 Å². The molecule has 0 fully saturated rings. The number of hydrogen-bond donors (Lipinski definition) is 2. The highest BCUT2D eigenvalue weighted by molar-refractivity contribution is 5.76. The molecule has 0 saturated heterocycles. The second kappa shape index (κ2) is 8.35. The van der Waals surface area contributed by atoms with Crippen LogP contribution in [0.3, 0.4) is 0 Å². The van der Waals surface area contributed by atoms with E-state index in [1.165, 1.54) is 11.1 Å². The Morgan fingerprint density at radius 1 is 1.09 bits per heavy atom. The van der Waals surface area contributed by atoms with Gasteiger partial charge in [0.1, 0.15) is 0 Å². The molecule has 2 rings (SSSR count). The van der Waals surface area contributed by atoms with Crippen LogP contribution in [0.2, 0.25) is 0 Å². The number of hydrogen-bond acceptors (Lipinski definition) is 2. The van der Waals surface area contributed by atoms with Crippen molar-refractivity contribution in [2.75, 3.05) is 6.54 Å². The van der Waals surface area contributed by atoms with Crippen molar-refractivity contribution >= 4 is 5.91 Å². The lowest BCUT2D eigenvalue weighted by molar-refractivity contribution is -0.121. The lowest BCUT2D eigenvalue weighted by Gasteiger charge is -2.14. The molecule has 2 aromatic rings. The first-order valence-electron chi connectivity index (χ1n) is 7.76. The van der Waals surface area contributed by atoms with Crippen LogP contribution in [0, 0.1) is 6.92 Å². The topological polar surface area (TPSA) is 41.1 Å². The van der Waals surface area contributed by atoms with E-state index in [0.717, 1.165) is 5.56 Å². The van der Waals surface area contributed by atoms with Gasteiger partial charge in [-0.05, 0) is 25.0 Å². The van der Waals surface area contributed by atoms with Gasteiger partial charge in [-0.15, -0.1) is 0 Å². The summed E-state index contributed by atoms with van der Waals surface area (Å²) in [6, 6.07) is 18.7. The first kappa shape index (κ1) is 16.2. The minimum atomic E-state index is 0.0780. The molecule has 2 N–H and O–H groups in total. The van der Waals surface area contributed by atoms with Crippen molar-refractivity contribution in [3.63, 3.8) is 0 Å². The number of rotatable bonds is 7. The third kappa shape index (κ3) is 5.34. The van der Waals surface area contributed by atoms with Gasteiger partial charge in [0.15, 0.2) is 0 Å². The minimum Gasteiger partial charge on any atom is -0.352 e. The van der Waals surface area contributed by atoms with Gasteiger partial charge in [-0.2, -0.15) is 0 Å². The van der Waals surface area contributed by atoms with Crippen LogP contribution >= 0.6 is 0 Å². The Morgan fingerprint density at radius 3 is 2.59 bits per heavy atom. The quantitative estimate of drug-likeness (QED) is 0.822. The van der Waals surface area contributed by atoms with E-state index in [9.17, 15) is 4.79 Å². The Balaban J connectivity index is 1.68. The van der Waals surface area contributed by atoms with Crippen molar-refractivity contribution in [2.45, 2.75) is 32.9 Å². The Bertz CT molecular complexity index is 595. The Hall–Kier alpha value is -2.13. The molecular weight excluding hydrogens is 272 g/mol. The van der Waals surface area contributed by atoms with Crippen molar-refractivity contribution in [3.05, 3.63) is 71.3 Å². The van der Waals surface area contributed by atoms with E-state index in [1.54, 1.807) is 0 Å². The van der Waals surface area contributed by atoms with Crippen LogP contribution in [0.1, 0.15) is 36.1 Å². The highest BCUT2D eigenvalue weighted by Crippen LogP contribution is 2.10. The number of carbonyl (C=O) groups is 1. The summed E-state index contributed by atoms with van der Waals surface area (Å²) in [4.78, 5) is 11.9. The van der Waals surface area contributed by atoms with Crippen LogP contribution in [0.5, 0.6) is 0 Å². The van der Waals surface area contributed by atoms with Crippen LogP contribution in [-0.2, 0) is 11.3 Å². The fraction of sp³-hybridized carbons (Fsp3) is 0.316. The van der Waals surface area contributed by atoms with Gasteiger partial charge in [-0.3, -0.25) is 4.79 Å². The number of carbonyl (C=O) groups excluding carboxylic acids is 1. The summed E-state index contributed by atoms with van der Waals surface area (Å²) in [5.74, 6) is 0.0780. The third-order valence-electron chi connectivity index (χ3n) is 3.67. The number of amides is 1. The summed E-state index contributed by atoms with van der Waals surface area (Å²) < 4.78 is 0. The lowest BCUT2D eigenvalue weighted by atomic mass is 10.1. The molecule has 116 valence electrons. The molecule has 1 unspecified atom stereocenters. The first-order chi connectivity index (χ1) is 10.6. The van der Waals surface area contributed by atoms with Crippen LogP contribution < -0.4 is 10.6 Å². The summed E-state index contributed by atoms with van der Waals surface area (Å²) in [6.45, 7) is 5.44. The number of nitrogens with one attached hydrogen (secondary N) is 2. The van der Waals surface area contributed by atoms with Crippen molar-refractivity contribution in [3.8, 4) is 0 Å². The molecule has 1 amide bonds. The minimum absolute atomic E-state index is 0.0780. The number of aryl methyl sites for hydroxylation is 1. The summed E-state index contributed by atoms with van der Waals surface area (Å²) in [5.41, 5.74) is 3.59. The molecule has 3 heteroatoms. The molecule has 0 aliphatic rings. The van der Waals surface area contributed by atoms with Crippen molar-refractivity contribution in [2.24, 2.45) is 0 Å². The molecule has 0 bridgehead atoms.